The van der Waals surface area contributed by atoms with E-state index < -0.39 is 18.1 Å². The van der Waals surface area contributed by atoms with Crippen LogP contribution in [0.1, 0.15) is 22.8 Å². The van der Waals surface area contributed by atoms with E-state index in [0.29, 0.717) is 10.7 Å². The number of benzene rings is 3. The first-order valence-electron chi connectivity index (χ1n) is 11.5. The Bertz CT molecular complexity index is 1260. The number of carbonyl (C=O) groups excluding carboxylic acids is 3. The molecule has 182 valence electrons. The fraction of sp³-hybridized carbons (Fsp3) is 0.179. The zero-order chi connectivity index (χ0) is 25.1. The lowest BCUT2D eigenvalue weighted by molar-refractivity contribution is -0.154. The van der Waals surface area contributed by atoms with Crippen LogP contribution in [0.4, 0.5) is 0 Å². The van der Waals surface area contributed by atoms with E-state index in [-0.39, 0.29) is 29.3 Å². The number of hydrogen-bond acceptors (Lipinski definition) is 6. The van der Waals surface area contributed by atoms with Crippen molar-refractivity contribution in [3.63, 3.8) is 0 Å². The molecule has 5 rings (SSSR count). The standard InChI is InChI=1S/C28H24N2O4S2/c31-22(16-18-10-4-1-5-11-18)29-23-26(32)30-24(21(35)17-36-27(23)30)28(33)34-25(19-12-6-2-7-13-19)20-14-8-3-9-15-20/h1-15,23,25,27,35H,16-17H2,(H,29,31)/t23-,27+/m1/s1. The van der Waals surface area contributed by atoms with Gasteiger partial charge >= 0.3 is 5.97 Å². The number of fused-ring (bicyclic) bond motifs is 1. The van der Waals surface area contributed by atoms with Crippen molar-refractivity contribution in [2.45, 2.75) is 23.9 Å². The van der Waals surface area contributed by atoms with Crippen molar-refractivity contribution in [1.29, 1.82) is 0 Å². The Morgan fingerprint density at radius 2 is 1.50 bits per heavy atom. The first kappa shape index (κ1) is 24.2. The van der Waals surface area contributed by atoms with E-state index in [1.165, 1.54) is 16.7 Å². The molecule has 1 N–H and O–H groups in total. The normalized spacial score (nSPS) is 18.9. The second-order valence-corrected chi connectivity index (χ2v) is 10.2. The van der Waals surface area contributed by atoms with Gasteiger partial charge in [-0.25, -0.2) is 4.79 Å². The minimum absolute atomic E-state index is 0.137. The van der Waals surface area contributed by atoms with Crippen molar-refractivity contribution in [2.24, 2.45) is 0 Å². The maximum absolute atomic E-state index is 13.5. The predicted molar refractivity (Wildman–Crippen MR) is 142 cm³/mol. The molecule has 0 radical (unpaired) electrons. The number of thioether (sulfide) groups is 1. The lowest BCUT2D eigenvalue weighted by Crippen LogP contribution is -2.70. The summed E-state index contributed by atoms with van der Waals surface area (Å²) in [6.45, 7) is 0. The Labute approximate surface area is 219 Å². The van der Waals surface area contributed by atoms with Gasteiger partial charge in [-0.3, -0.25) is 14.5 Å². The molecule has 3 aromatic carbocycles. The summed E-state index contributed by atoms with van der Waals surface area (Å²) in [5.41, 5.74) is 2.64. The van der Waals surface area contributed by atoms with E-state index in [9.17, 15) is 14.4 Å². The summed E-state index contributed by atoms with van der Waals surface area (Å²) >= 11 is 5.97. The fourth-order valence-electron chi connectivity index (χ4n) is 4.35. The minimum Gasteiger partial charge on any atom is -0.448 e. The molecular formula is C28H24N2O4S2. The van der Waals surface area contributed by atoms with Gasteiger partial charge in [-0.1, -0.05) is 91.0 Å². The second-order valence-electron chi connectivity index (χ2n) is 8.52. The molecule has 8 heteroatoms. The summed E-state index contributed by atoms with van der Waals surface area (Å²) in [4.78, 5) is 41.0. The fourth-order valence-corrected chi connectivity index (χ4v) is 5.97. The van der Waals surface area contributed by atoms with Gasteiger partial charge in [0.2, 0.25) is 5.91 Å². The van der Waals surface area contributed by atoms with Gasteiger partial charge in [0.1, 0.15) is 17.1 Å². The third-order valence-electron chi connectivity index (χ3n) is 6.10. The van der Waals surface area contributed by atoms with E-state index in [1.807, 2.05) is 91.0 Å². The van der Waals surface area contributed by atoms with Gasteiger partial charge < -0.3 is 10.1 Å². The number of β-lactam (4-membered cyclic amide) rings is 1. The Balaban J connectivity index is 1.32. The molecule has 3 aromatic rings. The van der Waals surface area contributed by atoms with Crippen LogP contribution in [0.5, 0.6) is 0 Å². The maximum Gasteiger partial charge on any atom is 0.356 e. The van der Waals surface area contributed by atoms with E-state index in [2.05, 4.69) is 17.9 Å². The van der Waals surface area contributed by atoms with Crippen LogP contribution in [0, 0.1) is 0 Å². The quantitative estimate of drug-likeness (QED) is 0.281. The van der Waals surface area contributed by atoms with Crippen molar-refractivity contribution >= 4 is 42.2 Å². The van der Waals surface area contributed by atoms with Crippen LogP contribution in [0.15, 0.2) is 102 Å². The lowest BCUT2D eigenvalue weighted by Gasteiger charge is -2.49. The average molecular weight is 517 g/mol. The number of amides is 2. The van der Waals surface area contributed by atoms with Crippen LogP contribution in [0.25, 0.3) is 0 Å². The Morgan fingerprint density at radius 3 is 2.08 bits per heavy atom. The summed E-state index contributed by atoms with van der Waals surface area (Å²) in [6.07, 6.45) is -0.459. The number of ether oxygens (including phenoxy) is 1. The highest BCUT2D eigenvalue weighted by Crippen LogP contribution is 2.42. The molecule has 2 aliphatic rings. The van der Waals surface area contributed by atoms with Crippen LogP contribution < -0.4 is 5.32 Å². The van der Waals surface area contributed by atoms with Crippen LogP contribution in [0.2, 0.25) is 0 Å². The lowest BCUT2D eigenvalue weighted by atomic mass is 10.0. The number of rotatable bonds is 7. The predicted octanol–water partition coefficient (Wildman–Crippen LogP) is 4.10. The molecule has 6 nitrogen and oxygen atoms in total. The monoisotopic (exact) mass is 516 g/mol. The van der Waals surface area contributed by atoms with Gasteiger partial charge in [-0.15, -0.1) is 24.4 Å². The van der Waals surface area contributed by atoms with E-state index in [4.69, 9.17) is 4.74 Å². The zero-order valence-electron chi connectivity index (χ0n) is 19.2. The second kappa shape index (κ2) is 10.6. The molecule has 0 spiro atoms. The summed E-state index contributed by atoms with van der Waals surface area (Å²) in [6, 6.07) is 27.6. The minimum atomic E-state index is -0.700. The van der Waals surface area contributed by atoms with Crippen LogP contribution >= 0.6 is 24.4 Å². The van der Waals surface area contributed by atoms with E-state index >= 15 is 0 Å². The summed E-state index contributed by atoms with van der Waals surface area (Å²) in [5, 5.41) is 2.44. The number of carbonyl (C=O) groups is 3. The van der Waals surface area contributed by atoms with Gasteiger partial charge in [0.15, 0.2) is 6.10 Å². The van der Waals surface area contributed by atoms with E-state index in [0.717, 1.165) is 16.7 Å². The molecule has 2 amide bonds. The highest BCUT2D eigenvalue weighted by molar-refractivity contribution is 8.01. The number of nitrogens with zero attached hydrogens (tertiary/aromatic N) is 1. The van der Waals surface area contributed by atoms with Crippen LogP contribution in [0.3, 0.4) is 0 Å². The smallest absolute Gasteiger partial charge is 0.356 e. The third kappa shape index (κ3) is 4.92. The first-order chi connectivity index (χ1) is 17.5. The van der Waals surface area contributed by atoms with Crippen LogP contribution in [-0.4, -0.2) is 39.9 Å². The topological polar surface area (TPSA) is 75.7 Å². The molecule has 2 heterocycles. The Morgan fingerprint density at radius 1 is 0.944 bits per heavy atom. The molecule has 36 heavy (non-hydrogen) atoms. The average Bonchev–Trinajstić information content (AvgIpc) is 2.91. The Kier molecular flexibility index (Phi) is 7.16. The molecule has 2 atom stereocenters. The Hall–Kier alpha value is -3.49. The molecule has 0 saturated carbocycles. The highest BCUT2D eigenvalue weighted by atomic mass is 32.2. The third-order valence-corrected chi connectivity index (χ3v) is 7.96. The molecule has 0 aliphatic carbocycles. The van der Waals surface area contributed by atoms with Gasteiger partial charge in [0.05, 0.1) is 6.42 Å². The molecule has 1 saturated heterocycles. The maximum atomic E-state index is 13.5. The number of nitrogens with one attached hydrogen (secondary N) is 1. The van der Waals surface area contributed by atoms with Crippen molar-refractivity contribution in [2.75, 3.05) is 5.75 Å². The van der Waals surface area contributed by atoms with Crippen LogP contribution in [-0.2, 0) is 25.5 Å². The molecule has 1 fully saturated rings. The van der Waals surface area contributed by atoms with Crippen molar-refractivity contribution < 1.29 is 19.1 Å². The zero-order valence-corrected chi connectivity index (χ0v) is 21.0. The molecule has 0 unspecified atom stereocenters. The van der Waals surface area contributed by atoms with E-state index in [1.54, 1.807) is 0 Å². The largest absolute Gasteiger partial charge is 0.448 e. The number of hydrogen-bond donors (Lipinski definition) is 2. The molecule has 2 aliphatic heterocycles. The molecule has 0 bridgehead atoms. The van der Waals surface area contributed by atoms with Crippen molar-refractivity contribution in [1.82, 2.24) is 10.2 Å². The van der Waals surface area contributed by atoms with Gasteiger partial charge in [-0.2, -0.15) is 0 Å². The number of thiol groups is 1. The molecule has 0 aromatic heterocycles. The summed E-state index contributed by atoms with van der Waals surface area (Å²) in [5.74, 6) is -0.764. The van der Waals surface area contributed by atoms with Crippen molar-refractivity contribution in [3.8, 4) is 0 Å². The SMILES string of the molecule is O=C(Cc1ccccc1)N[C@@H]1C(=O)N2C(C(=O)OC(c3ccccc3)c3ccccc3)=C(S)CS[C@@H]12. The highest BCUT2D eigenvalue weighted by Gasteiger charge is 2.54. The number of esters is 1. The van der Waals surface area contributed by atoms with Crippen molar-refractivity contribution in [3.05, 3.63) is 118 Å². The van der Waals surface area contributed by atoms with Gasteiger partial charge in [0, 0.05) is 10.7 Å². The van der Waals surface area contributed by atoms with Gasteiger partial charge in [-0.05, 0) is 16.7 Å². The summed E-state index contributed by atoms with van der Waals surface area (Å²) in [7, 11) is 0. The first-order valence-corrected chi connectivity index (χ1v) is 13.0. The molecular weight excluding hydrogens is 492 g/mol. The summed E-state index contributed by atoms with van der Waals surface area (Å²) < 4.78 is 5.99. The van der Waals surface area contributed by atoms with Gasteiger partial charge in [0.25, 0.3) is 5.91 Å².